The predicted octanol–water partition coefficient (Wildman–Crippen LogP) is 0.841. The molecule has 0 aliphatic carbocycles. The number of carbonyl (C=O) groups is 1. The van der Waals surface area contributed by atoms with Gasteiger partial charge >= 0.3 is 0 Å². The monoisotopic (exact) mass is 299 g/mol. The Bertz CT molecular complexity index is 570. The molecule has 1 aromatic rings. The van der Waals surface area contributed by atoms with E-state index in [-0.39, 0.29) is 10.8 Å². The maximum atomic E-state index is 12.2. The third-order valence-corrected chi connectivity index (χ3v) is 4.24. The molecule has 0 aliphatic heterocycles. The van der Waals surface area contributed by atoms with E-state index in [2.05, 4.69) is 15.4 Å². The third kappa shape index (κ3) is 4.92. The second-order valence-electron chi connectivity index (χ2n) is 4.41. The van der Waals surface area contributed by atoms with Crippen LogP contribution in [0.2, 0.25) is 0 Å². The Hall–Kier alpha value is -1.44. The summed E-state index contributed by atoms with van der Waals surface area (Å²) in [5.41, 5.74) is 1.10. The molecule has 1 aromatic carbocycles. The molecule has 0 aliphatic rings. The zero-order valence-electron chi connectivity index (χ0n) is 12.0. The Balaban J connectivity index is 2.90. The van der Waals surface area contributed by atoms with Crippen LogP contribution in [0.3, 0.4) is 0 Å². The highest BCUT2D eigenvalue weighted by atomic mass is 32.2. The van der Waals surface area contributed by atoms with Crippen LogP contribution in [0.4, 0.5) is 5.69 Å². The lowest BCUT2D eigenvalue weighted by atomic mass is 10.2. The van der Waals surface area contributed by atoms with Gasteiger partial charge in [-0.25, -0.2) is 13.1 Å². The summed E-state index contributed by atoms with van der Waals surface area (Å²) in [5, 5.41) is 5.62. The van der Waals surface area contributed by atoms with Gasteiger partial charge in [0.25, 0.3) is 0 Å². The number of carbonyl (C=O) groups excluding carboxylic acids is 1. The minimum absolute atomic E-state index is 0.181. The second kappa shape index (κ2) is 7.37. The first-order valence-corrected chi connectivity index (χ1v) is 7.93. The molecule has 1 amide bonds. The molecule has 7 heteroatoms. The van der Waals surface area contributed by atoms with Gasteiger partial charge in [0.15, 0.2) is 0 Å². The molecular weight excluding hydrogens is 278 g/mol. The largest absolute Gasteiger partial charge is 0.326 e. The smallest absolute Gasteiger partial charge is 0.240 e. The van der Waals surface area contributed by atoms with Crippen molar-refractivity contribution in [2.24, 2.45) is 0 Å². The number of aryl methyl sites for hydroxylation is 1. The van der Waals surface area contributed by atoms with Crippen LogP contribution in [0.25, 0.3) is 0 Å². The first kappa shape index (κ1) is 16.6. The minimum atomic E-state index is -3.57. The van der Waals surface area contributed by atoms with E-state index in [0.29, 0.717) is 24.3 Å². The molecule has 0 bridgehead atoms. The lowest BCUT2D eigenvalue weighted by Gasteiger charge is -2.11. The average Bonchev–Trinajstić information content (AvgIpc) is 2.36. The van der Waals surface area contributed by atoms with Crippen molar-refractivity contribution < 1.29 is 13.2 Å². The molecule has 0 saturated carbocycles. The topological polar surface area (TPSA) is 87.3 Å². The molecule has 20 heavy (non-hydrogen) atoms. The van der Waals surface area contributed by atoms with Crippen LogP contribution in [0.5, 0.6) is 0 Å². The van der Waals surface area contributed by atoms with Crippen molar-refractivity contribution in [2.45, 2.75) is 25.7 Å². The zero-order chi connectivity index (χ0) is 15.2. The number of anilines is 1. The van der Waals surface area contributed by atoms with E-state index in [1.54, 1.807) is 19.1 Å². The van der Waals surface area contributed by atoms with Crippen LogP contribution in [0, 0.1) is 6.92 Å². The van der Waals surface area contributed by atoms with Gasteiger partial charge in [0, 0.05) is 25.7 Å². The summed E-state index contributed by atoms with van der Waals surface area (Å²) in [5.74, 6) is -0.239. The highest BCUT2D eigenvalue weighted by Gasteiger charge is 2.16. The van der Waals surface area contributed by atoms with Crippen LogP contribution in [-0.2, 0) is 14.8 Å². The maximum absolute atomic E-state index is 12.2. The second-order valence-corrected chi connectivity index (χ2v) is 6.15. The third-order valence-electron chi connectivity index (χ3n) is 2.64. The maximum Gasteiger partial charge on any atom is 0.240 e. The van der Waals surface area contributed by atoms with E-state index in [1.807, 2.05) is 6.92 Å². The van der Waals surface area contributed by atoms with E-state index in [0.717, 1.165) is 6.54 Å². The molecule has 0 radical (unpaired) electrons. The zero-order valence-corrected chi connectivity index (χ0v) is 12.8. The average molecular weight is 299 g/mol. The standard InChI is InChI=1S/C13H21N3O3S/c1-4-14-7-8-15-20(18,19)13-9-12(16-11(3)17)6-5-10(13)2/h5-6,9,14-15H,4,7-8H2,1-3H3,(H,16,17). The Morgan fingerprint density at radius 1 is 1.25 bits per heavy atom. The summed E-state index contributed by atoms with van der Waals surface area (Å²) >= 11 is 0. The fourth-order valence-corrected chi connectivity index (χ4v) is 3.00. The molecule has 0 saturated heterocycles. The van der Waals surface area contributed by atoms with Crippen LogP contribution in [0.1, 0.15) is 19.4 Å². The van der Waals surface area contributed by atoms with Gasteiger partial charge < -0.3 is 10.6 Å². The number of hydrogen-bond acceptors (Lipinski definition) is 4. The van der Waals surface area contributed by atoms with Crippen LogP contribution in [0.15, 0.2) is 23.1 Å². The Labute approximate surface area is 120 Å². The van der Waals surface area contributed by atoms with E-state index in [9.17, 15) is 13.2 Å². The predicted molar refractivity (Wildman–Crippen MR) is 79.2 cm³/mol. The van der Waals surface area contributed by atoms with E-state index >= 15 is 0 Å². The number of sulfonamides is 1. The van der Waals surface area contributed by atoms with Gasteiger partial charge in [0.1, 0.15) is 0 Å². The fourth-order valence-electron chi connectivity index (χ4n) is 1.70. The fraction of sp³-hybridized carbons (Fsp3) is 0.462. The number of rotatable bonds is 7. The molecule has 0 fully saturated rings. The van der Waals surface area contributed by atoms with Gasteiger partial charge in [0.05, 0.1) is 4.90 Å². The SMILES string of the molecule is CCNCCNS(=O)(=O)c1cc(NC(C)=O)ccc1C. The van der Waals surface area contributed by atoms with E-state index in [4.69, 9.17) is 0 Å². The highest BCUT2D eigenvalue weighted by molar-refractivity contribution is 7.89. The molecule has 6 nitrogen and oxygen atoms in total. The molecule has 0 heterocycles. The molecule has 0 aromatic heterocycles. The number of likely N-dealkylation sites (N-methyl/N-ethyl adjacent to an activating group) is 1. The van der Waals surface area contributed by atoms with E-state index < -0.39 is 10.0 Å². The Kier molecular flexibility index (Phi) is 6.12. The molecule has 0 atom stereocenters. The number of benzene rings is 1. The van der Waals surface area contributed by atoms with Crippen molar-refractivity contribution in [3.05, 3.63) is 23.8 Å². The summed E-state index contributed by atoms with van der Waals surface area (Å²) in [6, 6.07) is 4.81. The van der Waals surface area contributed by atoms with Gasteiger partial charge in [0.2, 0.25) is 15.9 Å². The van der Waals surface area contributed by atoms with Gasteiger partial charge in [-0.1, -0.05) is 13.0 Å². The van der Waals surface area contributed by atoms with Crippen LogP contribution in [-0.4, -0.2) is 34.0 Å². The van der Waals surface area contributed by atoms with Crippen LogP contribution < -0.4 is 15.4 Å². The van der Waals surface area contributed by atoms with Crippen molar-refractivity contribution in [2.75, 3.05) is 25.0 Å². The van der Waals surface area contributed by atoms with Crippen molar-refractivity contribution in [3.8, 4) is 0 Å². The van der Waals surface area contributed by atoms with Crippen LogP contribution >= 0.6 is 0 Å². The summed E-state index contributed by atoms with van der Waals surface area (Å²) in [6.45, 7) is 6.73. The van der Waals surface area contributed by atoms with Crippen molar-refractivity contribution in [1.29, 1.82) is 0 Å². The minimum Gasteiger partial charge on any atom is -0.326 e. The molecule has 1 rings (SSSR count). The molecule has 3 N–H and O–H groups in total. The number of nitrogens with one attached hydrogen (secondary N) is 3. The van der Waals surface area contributed by atoms with Crippen molar-refractivity contribution in [3.63, 3.8) is 0 Å². The summed E-state index contributed by atoms with van der Waals surface area (Å²) < 4.78 is 26.9. The molecular formula is C13H21N3O3S. The van der Waals surface area contributed by atoms with E-state index in [1.165, 1.54) is 13.0 Å². The van der Waals surface area contributed by atoms with Gasteiger partial charge in [-0.2, -0.15) is 0 Å². The highest BCUT2D eigenvalue weighted by Crippen LogP contribution is 2.19. The normalized spacial score (nSPS) is 11.3. The Morgan fingerprint density at radius 2 is 1.95 bits per heavy atom. The first-order chi connectivity index (χ1) is 9.36. The number of hydrogen-bond donors (Lipinski definition) is 3. The number of amides is 1. The van der Waals surface area contributed by atoms with Gasteiger partial charge in [-0.05, 0) is 31.2 Å². The molecule has 0 unspecified atom stereocenters. The summed E-state index contributed by atoms with van der Waals surface area (Å²) in [7, 11) is -3.57. The lowest BCUT2D eigenvalue weighted by Crippen LogP contribution is -2.32. The molecule has 112 valence electrons. The summed E-state index contributed by atoms with van der Waals surface area (Å²) in [6.07, 6.45) is 0. The summed E-state index contributed by atoms with van der Waals surface area (Å²) in [4.78, 5) is 11.2. The van der Waals surface area contributed by atoms with Gasteiger partial charge in [-0.15, -0.1) is 0 Å². The Morgan fingerprint density at radius 3 is 2.55 bits per heavy atom. The van der Waals surface area contributed by atoms with Crippen molar-refractivity contribution >= 4 is 21.6 Å². The lowest BCUT2D eigenvalue weighted by molar-refractivity contribution is -0.114. The molecule has 0 spiro atoms. The quantitative estimate of drug-likeness (QED) is 0.651. The first-order valence-electron chi connectivity index (χ1n) is 6.45. The van der Waals surface area contributed by atoms with Crippen molar-refractivity contribution in [1.82, 2.24) is 10.0 Å². The van der Waals surface area contributed by atoms with Gasteiger partial charge in [-0.3, -0.25) is 4.79 Å².